The minimum absolute atomic E-state index is 0.0444. The second-order valence-corrected chi connectivity index (χ2v) is 6.13. The van der Waals surface area contributed by atoms with Gasteiger partial charge in [-0.1, -0.05) is 59.6 Å². The van der Waals surface area contributed by atoms with Gasteiger partial charge in [-0.05, 0) is 36.1 Å². The number of halogens is 2. The van der Waals surface area contributed by atoms with Crippen molar-refractivity contribution < 1.29 is 5.11 Å². The number of hydrogen-bond donors (Lipinski definition) is 2. The van der Waals surface area contributed by atoms with Gasteiger partial charge in [0, 0.05) is 12.0 Å². The maximum atomic E-state index is 10.0. The summed E-state index contributed by atoms with van der Waals surface area (Å²) in [7, 11) is 0. The second kappa shape index (κ2) is 6.80. The highest BCUT2D eigenvalue weighted by molar-refractivity contribution is 6.42. The Bertz CT molecular complexity index is 624. The highest BCUT2D eigenvalue weighted by Gasteiger charge is 2.32. The zero-order valence-electron chi connectivity index (χ0n) is 11.9. The van der Waals surface area contributed by atoms with E-state index in [2.05, 4.69) is 0 Å². The van der Waals surface area contributed by atoms with Crippen molar-refractivity contribution in [3.8, 4) is 0 Å². The van der Waals surface area contributed by atoms with Crippen LogP contribution in [-0.4, -0.2) is 18.3 Å². The molecule has 0 saturated heterocycles. The van der Waals surface area contributed by atoms with E-state index in [4.69, 9.17) is 28.9 Å². The average molecular weight is 324 g/mol. The molecule has 2 rings (SSSR count). The van der Waals surface area contributed by atoms with Crippen molar-refractivity contribution in [2.45, 2.75) is 18.8 Å². The molecule has 0 fully saturated rings. The standard InChI is InChI=1S/C17H19Cl2NO/c1-12-5-2-3-7-14(12)17(10-20,11-21)9-13-6-4-8-15(18)16(13)19/h2-8,21H,9-11,20H2,1H3. The highest BCUT2D eigenvalue weighted by Crippen LogP contribution is 2.34. The van der Waals surface area contributed by atoms with Gasteiger partial charge in [0.05, 0.1) is 16.7 Å². The third-order valence-electron chi connectivity index (χ3n) is 3.97. The summed E-state index contributed by atoms with van der Waals surface area (Å²) in [6, 6.07) is 13.5. The molecule has 0 aliphatic heterocycles. The van der Waals surface area contributed by atoms with Crippen molar-refractivity contribution in [3.63, 3.8) is 0 Å². The summed E-state index contributed by atoms with van der Waals surface area (Å²) in [6.45, 7) is 2.31. The summed E-state index contributed by atoms with van der Waals surface area (Å²) < 4.78 is 0. The van der Waals surface area contributed by atoms with E-state index in [-0.39, 0.29) is 6.61 Å². The monoisotopic (exact) mass is 323 g/mol. The number of aliphatic hydroxyl groups excluding tert-OH is 1. The van der Waals surface area contributed by atoms with Crippen LogP contribution in [0.15, 0.2) is 42.5 Å². The van der Waals surface area contributed by atoms with E-state index in [1.165, 1.54) is 0 Å². The van der Waals surface area contributed by atoms with Gasteiger partial charge in [0.2, 0.25) is 0 Å². The minimum Gasteiger partial charge on any atom is -0.395 e. The zero-order chi connectivity index (χ0) is 15.5. The normalized spacial score (nSPS) is 14.0. The molecule has 2 aromatic rings. The van der Waals surface area contributed by atoms with Crippen LogP contribution in [0.25, 0.3) is 0 Å². The van der Waals surface area contributed by atoms with Crippen LogP contribution in [0.1, 0.15) is 16.7 Å². The maximum absolute atomic E-state index is 10.0. The molecule has 0 amide bonds. The van der Waals surface area contributed by atoms with Gasteiger partial charge in [0.25, 0.3) is 0 Å². The Labute approximate surface area is 135 Å². The number of aliphatic hydroxyl groups is 1. The number of benzene rings is 2. The molecule has 0 radical (unpaired) electrons. The zero-order valence-corrected chi connectivity index (χ0v) is 13.5. The van der Waals surface area contributed by atoms with E-state index in [1.54, 1.807) is 6.07 Å². The van der Waals surface area contributed by atoms with Gasteiger partial charge < -0.3 is 10.8 Å². The third kappa shape index (κ3) is 3.24. The van der Waals surface area contributed by atoms with Gasteiger partial charge in [0.15, 0.2) is 0 Å². The first kappa shape index (κ1) is 16.3. The quantitative estimate of drug-likeness (QED) is 0.880. The molecule has 4 heteroatoms. The lowest BCUT2D eigenvalue weighted by Crippen LogP contribution is -2.41. The van der Waals surface area contributed by atoms with E-state index >= 15 is 0 Å². The Morgan fingerprint density at radius 3 is 2.43 bits per heavy atom. The summed E-state index contributed by atoms with van der Waals surface area (Å²) in [5.41, 5.74) is 8.51. The molecule has 0 aliphatic carbocycles. The molecule has 2 nitrogen and oxygen atoms in total. The fourth-order valence-electron chi connectivity index (χ4n) is 2.70. The van der Waals surface area contributed by atoms with Crippen LogP contribution < -0.4 is 5.73 Å². The molecular formula is C17H19Cl2NO. The molecular weight excluding hydrogens is 305 g/mol. The molecule has 1 atom stereocenters. The van der Waals surface area contributed by atoms with Crippen molar-refractivity contribution >= 4 is 23.2 Å². The molecule has 2 aromatic carbocycles. The summed E-state index contributed by atoms with van der Waals surface area (Å²) in [4.78, 5) is 0. The lowest BCUT2D eigenvalue weighted by Gasteiger charge is -2.33. The molecule has 112 valence electrons. The lowest BCUT2D eigenvalue weighted by molar-refractivity contribution is 0.195. The van der Waals surface area contributed by atoms with Crippen LogP contribution in [0, 0.1) is 6.92 Å². The van der Waals surface area contributed by atoms with Crippen LogP contribution in [0.2, 0.25) is 10.0 Å². The van der Waals surface area contributed by atoms with Gasteiger partial charge in [0.1, 0.15) is 0 Å². The van der Waals surface area contributed by atoms with Crippen molar-refractivity contribution in [2.24, 2.45) is 5.73 Å². The number of hydrogen-bond acceptors (Lipinski definition) is 2. The molecule has 1 unspecified atom stereocenters. The van der Waals surface area contributed by atoms with Crippen LogP contribution in [0.3, 0.4) is 0 Å². The number of aryl methyl sites for hydroxylation is 1. The Kier molecular flexibility index (Phi) is 5.28. The summed E-state index contributed by atoms with van der Waals surface area (Å²) in [5, 5.41) is 11.1. The molecule has 0 saturated carbocycles. The van der Waals surface area contributed by atoms with Crippen LogP contribution >= 0.6 is 23.2 Å². The van der Waals surface area contributed by atoms with Crippen LogP contribution in [-0.2, 0) is 11.8 Å². The fraction of sp³-hybridized carbons (Fsp3) is 0.294. The smallest absolute Gasteiger partial charge is 0.0624 e. The summed E-state index contributed by atoms with van der Waals surface area (Å²) >= 11 is 12.4. The Morgan fingerprint density at radius 1 is 1.10 bits per heavy atom. The van der Waals surface area contributed by atoms with Gasteiger partial charge >= 0.3 is 0 Å². The van der Waals surface area contributed by atoms with Gasteiger partial charge in [-0.3, -0.25) is 0 Å². The van der Waals surface area contributed by atoms with Crippen molar-refractivity contribution in [3.05, 3.63) is 69.2 Å². The van der Waals surface area contributed by atoms with Crippen LogP contribution in [0.4, 0.5) is 0 Å². The topological polar surface area (TPSA) is 46.2 Å². The molecule has 0 aliphatic rings. The molecule has 0 spiro atoms. The van der Waals surface area contributed by atoms with E-state index in [1.807, 2.05) is 43.3 Å². The Balaban J connectivity index is 2.49. The molecule has 0 aromatic heterocycles. The van der Waals surface area contributed by atoms with Crippen molar-refractivity contribution in [2.75, 3.05) is 13.2 Å². The summed E-state index contributed by atoms with van der Waals surface area (Å²) in [5.74, 6) is 0. The van der Waals surface area contributed by atoms with E-state index < -0.39 is 5.41 Å². The third-order valence-corrected chi connectivity index (χ3v) is 4.83. The molecule has 3 N–H and O–H groups in total. The Morgan fingerprint density at radius 2 is 1.81 bits per heavy atom. The van der Waals surface area contributed by atoms with Crippen molar-refractivity contribution in [1.29, 1.82) is 0 Å². The van der Waals surface area contributed by atoms with Crippen LogP contribution in [0.5, 0.6) is 0 Å². The Hall–Kier alpha value is -1.06. The molecule has 0 heterocycles. The van der Waals surface area contributed by atoms with E-state index in [0.717, 1.165) is 16.7 Å². The van der Waals surface area contributed by atoms with Gasteiger partial charge in [-0.2, -0.15) is 0 Å². The number of rotatable bonds is 5. The molecule has 0 bridgehead atoms. The minimum atomic E-state index is -0.556. The molecule has 21 heavy (non-hydrogen) atoms. The van der Waals surface area contributed by atoms with E-state index in [9.17, 15) is 5.11 Å². The largest absolute Gasteiger partial charge is 0.395 e. The SMILES string of the molecule is Cc1ccccc1C(CN)(CO)Cc1cccc(Cl)c1Cl. The predicted molar refractivity (Wildman–Crippen MR) is 89.2 cm³/mol. The van der Waals surface area contributed by atoms with Gasteiger partial charge in [-0.25, -0.2) is 0 Å². The van der Waals surface area contributed by atoms with Crippen molar-refractivity contribution in [1.82, 2.24) is 0 Å². The summed E-state index contributed by atoms with van der Waals surface area (Å²) in [6.07, 6.45) is 0.546. The van der Waals surface area contributed by atoms with Gasteiger partial charge in [-0.15, -0.1) is 0 Å². The second-order valence-electron chi connectivity index (χ2n) is 5.35. The number of nitrogens with two attached hydrogens (primary N) is 1. The highest BCUT2D eigenvalue weighted by atomic mass is 35.5. The average Bonchev–Trinajstić information content (AvgIpc) is 2.50. The predicted octanol–water partition coefficient (Wildman–Crippen LogP) is 3.73. The fourth-order valence-corrected chi connectivity index (χ4v) is 3.09. The van der Waals surface area contributed by atoms with E-state index in [0.29, 0.717) is 23.0 Å². The first-order chi connectivity index (χ1) is 10.0. The first-order valence-electron chi connectivity index (χ1n) is 6.84. The lowest BCUT2D eigenvalue weighted by atomic mass is 9.74. The first-order valence-corrected chi connectivity index (χ1v) is 7.59. The maximum Gasteiger partial charge on any atom is 0.0624 e.